The standard InChI is InChI=1S/C12H14BrClFNO/c13-6-2-1-3-7-16-12(17)9-4-5-10(14)11(15)8-9/h4-5,8H,1-3,6-7H2,(H,16,17). The SMILES string of the molecule is O=C(NCCCCCBr)c1ccc(Cl)c(F)c1. The predicted molar refractivity (Wildman–Crippen MR) is 71.4 cm³/mol. The molecule has 0 unspecified atom stereocenters. The van der Waals surface area contributed by atoms with Crippen LogP contribution in [-0.2, 0) is 0 Å². The van der Waals surface area contributed by atoms with Crippen LogP contribution >= 0.6 is 27.5 Å². The van der Waals surface area contributed by atoms with Gasteiger partial charge >= 0.3 is 0 Å². The number of halogens is 3. The Kier molecular flexibility index (Phi) is 6.52. The highest BCUT2D eigenvalue weighted by atomic mass is 79.9. The van der Waals surface area contributed by atoms with Crippen LogP contribution in [0.5, 0.6) is 0 Å². The van der Waals surface area contributed by atoms with E-state index < -0.39 is 5.82 Å². The van der Waals surface area contributed by atoms with E-state index in [0.717, 1.165) is 30.7 Å². The molecule has 5 heteroatoms. The van der Waals surface area contributed by atoms with Crippen LogP contribution in [-0.4, -0.2) is 17.8 Å². The van der Waals surface area contributed by atoms with Gasteiger partial charge in [-0.1, -0.05) is 34.0 Å². The highest BCUT2D eigenvalue weighted by Gasteiger charge is 2.07. The van der Waals surface area contributed by atoms with Crippen molar-refractivity contribution in [2.75, 3.05) is 11.9 Å². The number of alkyl halides is 1. The molecule has 1 rings (SSSR count). The third-order valence-electron chi connectivity index (χ3n) is 2.28. The van der Waals surface area contributed by atoms with E-state index in [1.807, 2.05) is 0 Å². The number of rotatable bonds is 6. The lowest BCUT2D eigenvalue weighted by Crippen LogP contribution is -2.24. The fraction of sp³-hybridized carbons (Fsp3) is 0.417. The van der Waals surface area contributed by atoms with Crippen LogP contribution in [0.1, 0.15) is 29.6 Å². The van der Waals surface area contributed by atoms with Crippen molar-refractivity contribution in [1.82, 2.24) is 5.32 Å². The van der Waals surface area contributed by atoms with Crippen molar-refractivity contribution in [2.45, 2.75) is 19.3 Å². The quantitative estimate of drug-likeness (QED) is 0.627. The maximum absolute atomic E-state index is 13.1. The molecule has 1 N–H and O–H groups in total. The Morgan fingerprint density at radius 3 is 2.76 bits per heavy atom. The highest BCUT2D eigenvalue weighted by molar-refractivity contribution is 9.09. The molecular formula is C12H14BrClFNO. The van der Waals surface area contributed by atoms with E-state index in [9.17, 15) is 9.18 Å². The lowest BCUT2D eigenvalue weighted by Gasteiger charge is -2.05. The molecule has 0 fully saturated rings. The topological polar surface area (TPSA) is 29.1 Å². The zero-order valence-electron chi connectivity index (χ0n) is 9.31. The molecular weight excluding hydrogens is 308 g/mol. The summed E-state index contributed by atoms with van der Waals surface area (Å²) in [4.78, 5) is 11.6. The fourth-order valence-corrected chi connectivity index (χ4v) is 1.85. The van der Waals surface area contributed by atoms with Gasteiger partial charge < -0.3 is 5.32 Å². The molecule has 0 radical (unpaired) electrons. The molecule has 1 aromatic rings. The Bertz CT molecular complexity index is 387. The van der Waals surface area contributed by atoms with E-state index in [-0.39, 0.29) is 10.9 Å². The minimum Gasteiger partial charge on any atom is -0.352 e. The Morgan fingerprint density at radius 1 is 1.35 bits per heavy atom. The first-order valence-electron chi connectivity index (χ1n) is 5.44. The summed E-state index contributed by atoms with van der Waals surface area (Å²) in [6.07, 6.45) is 3.07. The molecule has 17 heavy (non-hydrogen) atoms. The summed E-state index contributed by atoms with van der Waals surface area (Å²) in [6.45, 7) is 0.607. The van der Waals surface area contributed by atoms with E-state index >= 15 is 0 Å². The molecule has 0 saturated heterocycles. The second kappa shape index (κ2) is 7.67. The van der Waals surface area contributed by atoms with Crippen molar-refractivity contribution < 1.29 is 9.18 Å². The summed E-state index contributed by atoms with van der Waals surface area (Å²) < 4.78 is 13.1. The lowest BCUT2D eigenvalue weighted by molar-refractivity contribution is 0.0952. The van der Waals surface area contributed by atoms with E-state index in [0.29, 0.717) is 12.1 Å². The molecule has 0 atom stereocenters. The van der Waals surface area contributed by atoms with Gasteiger partial charge in [-0.15, -0.1) is 0 Å². The van der Waals surface area contributed by atoms with Gasteiger partial charge in [0.1, 0.15) is 5.82 Å². The van der Waals surface area contributed by atoms with Crippen LogP contribution in [0.15, 0.2) is 18.2 Å². The van der Waals surface area contributed by atoms with Gasteiger partial charge in [0.15, 0.2) is 0 Å². The minimum atomic E-state index is -0.571. The molecule has 0 aliphatic carbocycles. The van der Waals surface area contributed by atoms with Crippen molar-refractivity contribution in [3.63, 3.8) is 0 Å². The molecule has 2 nitrogen and oxygen atoms in total. The summed E-state index contributed by atoms with van der Waals surface area (Å²) in [7, 11) is 0. The number of unbranched alkanes of at least 4 members (excludes halogenated alkanes) is 2. The first-order chi connectivity index (χ1) is 8.15. The van der Waals surface area contributed by atoms with Crippen molar-refractivity contribution in [1.29, 1.82) is 0 Å². The Morgan fingerprint density at radius 2 is 2.12 bits per heavy atom. The first kappa shape index (κ1) is 14.5. The molecule has 94 valence electrons. The highest BCUT2D eigenvalue weighted by Crippen LogP contribution is 2.15. The summed E-state index contributed by atoms with van der Waals surface area (Å²) >= 11 is 8.88. The number of hydrogen-bond acceptors (Lipinski definition) is 1. The van der Waals surface area contributed by atoms with Crippen LogP contribution in [0.25, 0.3) is 0 Å². The van der Waals surface area contributed by atoms with Gasteiger partial charge in [0.25, 0.3) is 5.91 Å². The molecule has 0 aromatic heterocycles. The second-order valence-corrected chi connectivity index (χ2v) is 4.83. The zero-order chi connectivity index (χ0) is 12.7. The molecule has 0 saturated carbocycles. The summed E-state index contributed by atoms with van der Waals surface area (Å²) in [6, 6.07) is 4.05. The maximum atomic E-state index is 13.1. The van der Waals surface area contributed by atoms with Crippen LogP contribution in [0.3, 0.4) is 0 Å². The average Bonchev–Trinajstić information content (AvgIpc) is 2.32. The van der Waals surface area contributed by atoms with Crippen molar-refractivity contribution in [3.05, 3.63) is 34.6 Å². The van der Waals surface area contributed by atoms with E-state index in [4.69, 9.17) is 11.6 Å². The van der Waals surface area contributed by atoms with E-state index in [1.165, 1.54) is 12.1 Å². The Hall–Kier alpha value is -0.610. The number of carbonyl (C=O) groups is 1. The summed E-state index contributed by atoms with van der Waals surface area (Å²) in [5.74, 6) is -0.835. The third kappa shape index (κ3) is 5.04. The maximum Gasteiger partial charge on any atom is 0.251 e. The largest absolute Gasteiger partial charge is 0.352 e. The van der Waals surface area contributed by atoms with Gasteiger partial charge in [0.05, 0.1) is 5.02 Å². The second-order valence-electron chi connectivity index (χ2n) is 3.63. The average molecular weight is 323 g/mol. The Labute approximate surface area is 114 Å². The number of amides is 1. The first-order valence-corrected chi connectivity index (χ1v) is 6.94. The zero-order valence-corrected chi connectivity index (χ0v) is 11.7. The molecule has 0 spiro atoms. The normalized spacial score (nSPS) is 10.3. The van der Waals surface area contributed by atoms with Crippen molar-refractivity contribution >= 4 is 33.4 Å². The van der Waals surface area contributed by atoms with E-state index in [1.54, 1.807) is 0 Å². The molecule has 1 amide bonds. The molecule has 1 aromatic carbocycles. The van der Waals surface area contributed by atoms with Crippen LogP contribution in [0.4, 0.5) is 4.39 Å². The minimum absolute atomic E-state index is 0.0267. The van der Waals surface area contributed by atoms with E-state index in [2.05, 4.69) is 21.2 Å². The molecule has 0 aliphatic rings. The molecule has 0 aliphatic heterocycles. The lowest BCUT2D eigenvalue weighted by atomic mass is 10.2. The monoisotopic (exact) mass is 321 g/mol. The van der Waals surface area contributed by atoms with Crippen LogP contribution in [0.2, 0.25) is 5.02 Å². The number of nitrogens with one attached hydrogen (secondary N) is 1. The summed E-state index contributed by atoms with van der Waals surface area (Å²) in [5.41, 5.74) is 0.299. The fourth-order valence-electron chi connectivity index (χ4n) is 1.34. The number of carbonyl (C=O) groups excluding carboxylic acids is 1. The van der Waals surface area contributed by atoms with Gasteiger partial charge in [-0.2, -0.15) is 0 Å². The smallest absolute Gasteiger partial charge is 0.251 e. The number of hydrogen-bond donors (Lipinski definition) is 1. The van der Waals surface area contributed by atoms with Crippen LogP contribution in [0, 0.1) is 5.82 Å². The van der Waals surface area contributed by atoms with Gasteiger partial charge in [0.2, 0.25) is 0 Å². The number of benzene rings is 1. The third-order valence-corrected chi connectivity index (χ3v) is 3.15. The van der Waals surface area contributed by atoms with Gasteiger partial charge in [0, 0.05) is 17.4 Å². The molecule has 0 bridgehead atoms. The van der Waals surface area contributed by atoms with Gasteiger partial charge in [-0.3, -0.25) is 4.79 Å². The predicted octanol–water partition coefficient (Wildman–Crippen LogP) is 3.77. The van der Waals surface area contributed by atoms with Crippen molar-refractivity contribution in [3.8, 4) is 0 Å². The van der Waals surface area contributed by atoms with Gasteiger partial charge in [-0.25, -0.2) is 4.39 Å². The van der Waals surface area contributed by atoms with Crippen molar-refractivity contribution in [2.24, 2.45) is 0 Å². The Balaban J connectivity index is 2.39. The molecule has 0 heterocycles. The van der Waals surface area contributed by atoms with Gasteiger partial charge in [-0.05, 0) is 31.0 Å². The summed E-state index contributed by atoms with van der Waals surface area (Å²) in [5, 5.41) is 3.74. The van der Waals surface area contributed by atoms with Crippen LogP contribution < -0.4 is 5.32 Å².